The average Bonchev–Trinajstić information content (AvgIpc) is 2.87. The number of ether oxygens (including phenoxy) is 1. The van der Waals surface area contributed by atoms with Crippen molar-refractivity contribution in [1.82, 2.24) is 14.8 Å². The first-order valence-electron chi connectivity index (χ1n) is 11.4. The lowest BCUT2D eigenvalue weighted by molar-refractivity contribution is -0.137. The molecular formula is C26H24Cl2F3N3O2. The minimum absolute atomic E-state index is 0.0911. The fourth-order valence-electron chi connectivity index (χ4n) is 3.97. The van der Waals surface area contributed by atoms with Crippen LogP contribution in [0.5, 0.6) is 0 Å². The molecule has 1 aliphatic heterocycles. The van der Waals surface area contributed by atoms with E-state index in [-0.39, 0.29) is 18.6 Å². The first kappa shape index (κ1) is 26.4. The van der Waals surface area contributed by atoms with Gasteiger partial charge in [-0.3, -0.25) is 9.69 Å². The average molecular weight is 538 g/mol. The van der Waals surface area contributed by atoms with Crippen molar-refractivity contribution in [2.24, 2.45) is 0 Å². The van der Waals surface area contributed by atoms with Gasteiger partial charge in [0.15, 0.2) is 0 Å². The highest BCUT2D eigenvalue weighted by Gasteiger charge is 2.30. The number of benzene rings is 2. The molecule has 10 heteroatoms. The molecule has 1 aliphatic rings. The Kier molecular flexibility index (Phi) is 8.51. The van der Waals surface area contributed by atoms with Gasteiger partial charge in [-0.2, -0.15) is 13.2 Å². The van der Waals surface area contributed by atoms with E-state index in [1.807, 2.05) is 12.1 Å². The molecule has 1 atom stereocenters. The number of nitrogens with zero attached hydrogens (tertiary/aromatic N) is 3. The van der Waals surface area contributed by atoms with Crippen LogP contribution in [0.25, 0.3) is 0 Å². The van der Waals surface area contributed by atoms with Gasteiger partial charge in [-0.05, 0) is 47.5 Å². The second-order valence-electron chi connectivity index (χ2n) is 8.51. The topological polar surface area (TPSA) is 45.7 Å². The summed E-state index contributed by atoms with van der Waals surface area (Å²) in [5.74, 6) is -0.0911. The number of pyridine rings is 1. The molecule has 0 spiro atoms. The van der Waals surface area contributed by atoms with Crippen LogP contribution in [-0.2, 0) is 17.5 Å². The Labute approximate surface area is 217 Å². The third kappa shape index (κ3) is 6.97. The van der Waals surface area contributed by atoms with Crippen LogP contribution in [0.1, 0.15) is 33.2 Å². The molecule has 1 unspecified atom stereocenters. The van der Waals surface area contributed by atoms with E-state index in [0.29, 0.717) is 54.0 Å². The van der Waals surface area contributed by atoms with Crippen LogP contribution in [0.15, 0.2) is 66.9 Å². The van der Waals surface area contributed by atoms with Crippen molar-refractivity contribution in [3.63, 3.8) is 0 Å². The number of hydrogen-bond donors (Lipinski definition) is 0. The molecule has 190 valence electrons. The van der Waals surface area contributed by atoms with Crippen molar-refractivity contribution in [2.45, 2.75) is 18.9 Å². The Hall–Kier alpha value is -2.65. The summed E-state index contributed by atoms with van der Waals surface area (Å²) in [6, 6.07) is 15.6. The highest BCUT2D eigenvalue weighted by atomic mass is 35.5. The van der Waals surface area contributed by atoms with E-state index < -0.39 is 11.7 Å². The zero-order valence-electron chi connectivity index (χ0n) is 19.2. The molecular weight excluding hydrogens is 514 g/mol. The van der Waals surface area contributed by atoms with Crippen LogP contribution in [0.2, 0.25) is 10.2 Å². The van der Waals surface area contributed by atoms with Gasteiger partial charge >= 0.3 is 6.18 Å². The van der Waals surface area contributed by atoms with Gasteiger partial charge in [-0.25, -0.2) is 4.98 Å². The molecule has 5 nitrogen and oxygen atoms in total. The summed E-state index contributed by atoms with van der Waals surface area (Å²) in [5.41, 5.74) is 1.36. The maximum atomic E-state index is 12.9. The molecule has 1 saturated heterocycles. The maximum Gasteiger partial charge on any atom is 0.416 e. The van der Waals surface area contributed by atoms with E-state index in [0.717, 1.165) is 17.7 Å². The number of alkyl halides is 3. The van der Waals surface area contributed by atoms with Crippen LogP contribution < -0.4 is 0 Å². The Morgan fingerprint density at radius 2 is 1.61 bits per heavy atom. The van der Waals surface area contributed by atoms with Crippen LogP contribution in [0.4, 0.5) is 13.2 Å². The number of carbonyl (C=O) groups excluding carboxylic acids is 1. The van der Waals surface area contributed by atoms with E-state index in [9.17, 15) is 18.0 Å². The molecule has 36 heavy (non-hydrogen) atoms. The van der Waals surface area contributed by atoms with E-state index in [1.54, 1.807) is 29.2 Å². The predicted octanol–water partition coefficient (Wildman–Crippen LogP) is 6.12. The van der Waals surface area contributed by atoms with Crippen LogP contribution in [0, 0.1) is 0 Å². The molecule has 0 aliphatic carbocycles. The van der Waals surface area contributed by atoms with E-state index >= 15 is 0 Å². The van der Waals surface area contributed by atoms with Crippen molar-refractivity contribution < 1.29 is 22.7 Å². The number of piperazine rings is 1. The Balaban J connectivity index is 1.38. The minimum atomic E-state index is -4.38. The molecule has 1 aromatic heterocycles. The second kappa shape index (κ2) is 11.6. The largest absolute Gasteiger partial charge is 0.416 e. The third-order valence-electron chi connectivity index (χ3n) is 6.03. The summed E-state index contributed by atoms with van der Waals surface area (Å²) in [4.78, 5) is 20.7. The zero-order chi connectivity index (χ0) is 25.7. The number of carbonyl (C=O) groups is 1. The van der Waals surface area contributed by atoms with E-state index in [4.69, 9.17) is 27.9 Å². The highest BCUT2D eigenvalue weighted by molar-refractivity contribution is 6.30. The van der Waals surface area contributed by atoms with Gasteiger partial charge < -0.3 is 9.64 Å². The Bertz CT molecular complexity index is 1150. The first-order valence-corrected chi connectivity index (χ1v) is 12.1. The molecule has 1 amide bonds. The molecule has 1 fully saturated rings. The summed E-state index contributed by atoms with van der Waals surface area (Å²) in [7, 11) is 0. The standard InChI is InChI=1S/C26H24Cl2F3N3O2/c27-22-8-3-19(4-9-22)23(36-17-18-1-6-21(7-2-18)26(29,30)31)16-33-11-13-34(14-12-33)25(35)20-5-10-24(28)32-15-20/h1-10,15,23H,11-14,16-17H2. The summed E-state index contributed by atoms with van der Waals surface area (Å²) >= 11 is 11.9. The summed E-state index contributed by atoms with van der Waals surface area (Å²) in [5, 5.41) is 0.935. The lowest BCUT2D eigenvalue weighted by Gasteiger charge is -2.36. The number of hydrogen-bond acceptors (Lipinski definition) is 4. The monoisotopic (exact) mass is 537 g/mol. The fourth-order valence-corrected chi connectivity index (χ4v) is 4.21. The fraction of sp³-hybridized carbons (Fsp3) is 0.308. The smallest absolute Gasteiger partial charge is 0.368 e. The van der Waals surface area contributed by atoms with Crippen molar-refractivity contribution in [3.05, 3.63) is 99.3 Å². The third-order valence-corrected chi connectivity index (χ3v) is 6.51. The van der Waals surface area contributed by atoms with E-state index in [1.165, 1.54) is 18.3 Å². The summed E-state index contributed by atoms with van der Waals surface area (Å²) in [6.45, 7) is 3.13. The molecule has 0 saturated carbocycles. The van der Waals surface area contributed by atoms with Crippen molar-refractivity contribution in [2.75, 3.05) is 32.7 Å². The molecule has 2 aromatic carbocycles. The molecule has 0 bridgehead atoms. The molecule has 2 heterocycles. The Morgan fingerprint density at radius 1 is 0.944 bits per heavy atom. The molecule has 0 N–H and O–H groups in total. The lowest BCUT2D eigenvalue weighted by Crippen LogP contribution is -2.49. The number of amides is 1. The van der Waals surface area contributed by atoms with Gasteiger partial charge in [0.25, 0.3) is 5.91 Å². The van der Waals surface area contributed by atoms with E-state index in [2.05, 4.69) is 9.88 Å². The van der Waals surface area contributed by atoms with Gasteiger partial charge in [-0.1, -0.05) is 47.5 Å². The second-order valence-corrected chi connectivity index (χ2v) is 9.33. The number of rotatable bonds is 7. The van der Waals surface area contributed by atoms with Crippen molar-refractivity contribution in [1.29, 1.82) is 0 Å². The summed E-state index contributed by atoms with van der Waals surface area (Å²) < 4.78 is 44.7. The summed E-state index contributed by atoms with van der Waals surface area (Å²) in [6.07, 6.45) is -3.23. The van der Waals surface area contributed by atoms with Gasteiger partial charge in [0.1, 0.15) is 5.15 Å². The number of halogens is 5. The van der Waals surface area contributed by atoms with Crippen molar-refractivity contribution >= 4 is 29.1 Å². The molecule has 4 rings (SSSR count). The Morgan fingerprint density at radius 3 is 2.19 bits per heavy atom. The quantitative estimate of drug-likeness (QED) is 0.340. The zero-order valence-corrected chi connectivity index (χ0v) is 20.7. The predicted molar refractivity (Wildman–Crippen MR) is 132 cm³/mol. The molecule has 0 radical (unpaired) electrons. The van der Waals surface area contributed by atoms with Crippen LogP contribution in [-0.4, -0.2) is 53.4 Å². The minimum Gasteiger partial charge on any atom is -0.368 e. The number of aromatic nitrogens is 1. The van der Waals surface area contributed by atoms with Gasteiger partial charge in [0, 0.05) is 43.9 Å². The molecule has 3 aromatic rings. The lowest BCUT2D eigenvalue weighted by atomic mass is 10.1. The highest BCUT2D eigenvalue weighted by Crippen LogP contribution is 2.30. The SMILES string of the molecule is O=C(c1ccc(Cl)nc1)N1CCN(CC(OCc2ccc(C(F)(F)F)cc2)c2ccc(Cl)cc2)CC1. The maximum absolute atomic E-state index is 12.9. The first-order chi connectivity index (χ1) is 17.2. The van der Waals surface area contributed by atoms with Gasteiger partial charge in [0.2, 0.25) is 0 Å². The van der Waals surface area contributed by atoms with Crippen molar-refractivity contribution in [3.8, 4) is 0 Å². The van der Waals surface area contributed by atoms with Crippen LogP contribution in [0.3, 0.4) is 0 Å². The van der Waals surface area contributed by atoms with Gasteiger partial charge in [0.05, 0.1) is 23.8 Å². The normalized spacial score (nSPS) is 15.6. The van der Waals surface area contributed by atoms with Crippen LogP contribution >= 0.6 is 23.2 Å². The van der Waals surface area contributed by atoms with Gasteiger partial charge in [-0.15, -0.1) is 0 Å².